The van der Waals surface area contributed by atoms with E-state index in [4.69, 9.17) is 4.74 Å². The molecule has 0 aliphatic carbocycles. The molecule has 0 aliphatic rings. The van der Waals surface area contributed by atoms with Gasteiger partial charge in [0, 0.05) is 12.3 Å². The SMILES string of the molecule is Cc1cc(-c2ccccc2)ccc1Oc1ccc(C(F)(F)F)cn1. The van der Waals surface area contributed by atoms with Gasteiger partial charge in [-0.2, -0.15) is 13.2 Å². The molecule has 122 valence electrons. The molecule has 2 nitrogen and oxygen atoms in total. The fraction of sp³-hybridized carbons (Fsp3) is 0.105. The largest absolute Gasteiger partial charge is 0.439 e. The summed E-state index contributed by atoms with van der Waals surface area (Å²) in [5.41, 5.74) is 2.20. The fourth-order valence-corrected chi connectivity index (χ4v) is 2.30. The molecule has 0 spiro atoms. The van der Waals surface area contributed by atoms with E-state index < -0.39 is 11.7 Å². The number of halogens is 3. The van der Waals surface area contributed by atoms with Gasteiger partial charge in [0.25, 0.3) is 0 Å². The van der Waals surface area contributed by atoms with Crippen LogP contribution >= 0.6 is 0 Å². The Morgan fingerprint density at radius 1 is 0.875 bits per heavy atom. The standard InChI is InChI=1S/C19H14F3NO/c1-13-11-15(14-5-3-2-4-6-14)7-9-17(13)24-18-10-8-16(12-23-18)19(20,21)22/h2-12H,1H3. The molecule has 0 amide bonds. The number of aromatic nitrogens is 1. The molecule has 0 saturated heterocycles. The summed E-state index contributed by atoms with van der Waals surface area (Å²) in [5.74, 6) is 0.681. The minimum absolute atomic E-state index is 0.124. The van der Waals surface area contributed by atoms with E-state index in [1.807, 2.05) is 49.4 Å². The van der Waals surface area contributed by atoms with Crippen LogP contribution in [0, 0.1) is 6.92 Å². The van der Waals surface area contributed by atoms with Crippen LogP contribution in [0.4, 0.5) is 13.2 Å². The van der Waals surface area contributed by atoms with E-state index in [9.17, 15) is 13.2 Å². The van der Waals surface area contributed by atoms with E-state index in [-0.39, 0.29) is 5.88 Å². The Morgan fingerprint density at radius 2 is 1.62 bits per heavy atom. The molecule has 0 N–H and O–H groups in total. The van der Waals surface area contributed by atoms with Crippen molar-refractivity contribution in [1.82, 2.24) is 4.98 Å². The second-order valence-corrected chi connectivity index (χ2v) is 5.33. The smallest absolute Gasteiger partial charge is 0.417 e. The zero-order valence-corrected chi connectivity index (χ0v) is 12.8. The summed E-state index contributed by atoms with van der Waals surface area (Å²) in [6, 6.07) is 17.7. The summed E-state index contributed by atoms with van der Waals surface area (Å²) in [5, 5.41) is 0. The first-order valence-corrected chi connectivity index (χ1v) is 7.31. The van der Waals surface area contributed by atoms with Crippen molar-refractivity contribution in [1.29, 1.82) is 0 Å². The topological polar surface area (TPSA) is 22.1 Å². The van der Waals surface area contributed by atoms with E-state index in [1.54, 1.807) is 6.07 Å². The molecule has 0 fully saturated rings. The van der Waals surface area contributed by atoms with Crippen LogP contribution in [-0.2, 0) is 6.18 Å². The van der Waals surface area contributed by atoms with Gasteiger partial charge in [0.15, 0.2) is 0 Å². The van der Waals surface area contributed by atoms with Crippen molar-refractivity contribution in [2.75, 3.05) is 0 Å². The summed E-state index contributed by atoms with van der Waals surface area (Å²) in [6.07, 6.45) is -3.64. The Morgan fingerprint density at radius 3 is 2.21 bits per heavy atom. The summed E-state index contributed by atoms with van der Waals surface area (Å²) >= 11 is 0. The lowest BCUT2D eigenvalue weighted by atomic mass is 10.0. The normalized spacial score (nSPS) is 11.3. The Labute approximate surface area is 137 Å². The molecular weight excluding hydrogens is 315 g/mol. The van der Waals surface area contributed by atoms with Gasteiger partial charge < -0.3 is 4.74 Å². The van der Waals surface area contributed by atoms with Crippen molar-refractivity contribution in [3.63, 3.8) is 0 Å². The number of hydrogen-bond acceptors (Lipinski definition) is 2. The van der Waals surface area contributed by atoms with E-state index >= 15 is 0 Å². The second-order valence-electron chi connectivity index (χ2n) is 5.33. The summed E-state index contributed by atoms with van der Waals surface area (Å²) < 4.78 is 43.2. The number of pyridine rings is 1. The predicted octanol–water partition coefficient (Wildman–Crippen LogP) is 5.87. The van der Waals surface area contributed by atoms with E-state index in [0.29, 0.717) is 5.75 Å². The third-order valence-corrected chi connectivity index (χ3v) is 3.56. The average Bonchev–Trinajstić information content (AvgIpc) is 2.57. The van der Waals surface area contributed by atoms with Crippen LogP contribution in [0.2, 0.25) is 0 Å². The molecule has 3 aromatic rings. The van der Waals surface area contributed by atoms with E-state index in [0.717, 1.165) is 29.0 Å². The fourth-order valence-electron chi connectivity index (χ4n) is 2.30. The summed E-state index contributed by atoms with van der Waals surface area (Å²) in [6.45, 7) is 1.88. The number of aryl methyl sites for hydroxylation is 1. The highest BCUT2D eigenvalue weighted by atomic mass is 19.4. The van der Waals surface area contributed by atoms with Crippen molar-refractivity contribution in [3.05, 3.63) is 78.0 Å². The van der Waals surface area contributed by atoms with Gasteiger partial charge in [0.05, 0.1) is 5.56 Å². The average molecular weight is 329 g/mol. The molecule has 0 atom stereocenters. The van der Waals surface area contributed by atoms with Crippen molar-refractivity contribution in [3.8, 4) is 22.8 Å². The Bertz CT molecular complexity index is 827. The molecule has 0 saturated carbocycles. The first-order valence-electron chi connectivity index (χ1n) is 7.31. The van der Waals surface area contributed by atoms with Gasteiger partial charge in [-0.25, -0.2) is 4.98 Å². The Balaban J connectivity index is 1.81. The maximum absolute atomic E-state index is 12.5. The molecule has 0 radical (unpaired) electrons. The molecular formula is C19H14F3NO. The van der Waals surface area contributed by atoms with Gasteiger partial charge in [-0.3, -0.25) is 0 Å². The van der Waals surface area contributed by atoms with Crippen LogP contribution in [0.25, 0.3) is 11.1 Å². The number of rotatable bonds is 3. The van der Waals surface area contributed by atoms with Gasteiger partial charge in [0.2, 0.25) is 5.88 Å². The lowest BCUT2D eigenvalue weighted by Crippen LogP contribution is -2.05. The summed E-state index contributed by atoms with van der Waals surface area (Å²) in [7, 11) is 0. The van der Waals surface area contributed by atoms with Crippen molar-refractivity contribution >= 4 is 0 Å². The minimum atomic E-state index is -4.40. The molecule has 1 aromatic heterocycles. The van der Waals surface area contributed by atoms with E-state index in [2.05, 4.69) is 4.98 Å². The quantitative estimate of drug-likeness (QED) is 0.599. The highest BCUT2D eigenvalue weighted by Gasteiger charge is 2.30. The number of nitrogens with zero attached hydrogens (tertiary/aromatic N) is 1. The van der Waals surface area contributed by atoms with Crippen LogP contribution in [0.15, 0.2) is 66.9 Å². The van der Waals surface area contributed by atoms with Gasteiger partial charge in [-0.15, -0.1) is 0 Å². The predicted molar refractivity (Wildman–Crippen MR) is 85.9 cm³/mol. The van der Waals surface area contributed by atoms with Crippen LogP contribution in [0.3, 0.4) is 0 Å². The molecule has 24 heavy (non-hydrogen) atoms. The third kappa shape index (κ3) is 3.56. The van der Waals surface area contributed by atoms with Gasteiger partial charge in [-0.05, 0) is 41.8 Å². The van der Waals surface area contributed by atoms with Crippen molar-refractivity contribution in [2.45, 2.75) is 13.1 Å². The van der Waals surface area contributed by atoms with Gasteiger partial charge >= 0.3 is 6.18 Å². The third-order valence-electron chi connectivity index (χ3n) is 3.56. The highest BCUT2D eigenvalue weighted by molar-refractivity contribution is 5.65. The highest BCUT2D eigenvalue weighted by Crippen LogP contribution is 2.31. The molecule has 3 rings (SSSR count). The van der Waals surface area contributed by atoms with Gasteiger partial charge in [-0.1, -0.05) is 36.4 Å². The van der Waals surface area contributed by atoms with Crippen LogP contribution in [-0.4, -0.2) is 4.98 Å². The molecule has 1 heterocycles. The van der Waals surface area contributed by atoms with Crippen molar-refractivity contribution < 1.29 is 17.9 Å². The molecule has 5 heteroatoms. The van der Waals surface area contributed by atoms with E-state index in [1.165, 1.54) is 6.07 Å². The molecule has 0 aliphatic heterocycles. The molecule has 2 aromatic carbocycles. The number of benzene rings is 2. The molecule has 0 bridgehead atoms. The zero-order chi connectivity index (χ0) is 17.2. The lowest BCUT2D eigenvalue weighted by molar-refractivity contribution is -0.137. The Kier molecular flexibility index (Phi) is 4.25. The maximum Gasteiger partial charge on any atom is 0.417 e. The van der Waals surface area contributed by atoms with Gasteiger partial charge in [0.1, 0.15) is 5.75 Å². The maximum atomic E-state index is 12.5. The minimum Gasteiger partial charge on any atom is -0.439 e. The zero-order valence-electron chi connectivity index (χ0n) is 12.8. The molecule has 0 unspecified atom stereocenters. The number of ether oxygens (including phenoxy) is 1. The monoisotopic (exact) mass is 329 g/mol. The lowest BCUT2D eigenvalue weighted by Gasteiger charge is -2.11. The first kappa shape index (κ1) is 16.1. The van der Waals surface area contributed by atoms with Crippen molar-refractivity contribution in [2.24, 2.45) is 0 Å². The number of hydrogen-bond donors (Lipinski definition) is 0. The summed E-state index contributed by atoms with van der Waals surface area (Å²) in [4.78, 5) is 3.72. The second kappa shape index (κ2) is 6.35. The number of alkyl halides is 3. The first-order chi connectivity index (χ1) is 11.4. The van der Waals surface area contributed by atoms with Crippen LogP contribution in [0.5, 0.6) is 11.6 Å². The van der Waals surface area contributed by atoms with Crippen LogP contribution < -0.4 is 4.74 Å². The van der Waals surface area contributed by atoms with Crippen LogP contribution in [0.1, 0.15) is 11.1 Å². The Hall–Kier alpha value is -2.82.